The van der Waals surface area contributed by atoms with Gasteiger partial charge in [0, 0.05) is 17.5 Å². The van der Waals surface area contributed by atoms with Crippen molar-refractivity contribution in [1.82, 2.24) is 4.98 Å². The van der Waals surface area contributed by atoms with E-state index >= 15 is 0 Å². The molecule has 0 aliphatic heterocycles. The number of rotatable bonds is 5. The van der Waals surface area contributed by atoms with E-state index in [4.69, 9.17) is 4.74 Å². The number of benzene rings is 2. The van der Waals surface area contributed by atoms with Crippen molar-refractivity contribution in [3.63, 3.8) is 0 Å². The molecular weight excluding hydrogens is 318 g/mol. The molecule has 0 saturated heterocycles. The van der Waals surface area contributed by atoms with Gasteiger partial charge in [-0.1, -0.05) is 24.3 Å². The van der Waals surface area contributed by atoms with Crippen LogP contribution < -0.4 is 10.1 Å². The van der Waals surface area contributed by atoms with Crippen LogP contribution in [0, 0.1) is 11.6 Å². The molecule has 1 aromatic heterocycles. The van der Waals surface area contributed by atoms with Gasteiger partial charge in [-0.3, -0.25) is 0 Å². The van der Waals surface area contributed by atoms with E-state index in [9.17, 15) is 8.78 Å². The maximum absolute atomic E-state index is 13.8. The lowest BCUT2D eigenvalue weighted by atomic mass is 10.1. The molecule has 0 unspecified atom stereocenters. The van der Waals surface area contributed by atoms with Crippen molar-refractivity contribution in [3.8, 4) is 17.0 Å². The van der Waals surface area contributed by atoms with Gasteiger partial charge in [0.25, 0.3) is 0 Å². The van der Waals surface area contributed by atoms with Crippen LogP contribution in [0.4, 0.5) is 13.9 Å². The lowest BCUT2D eigenvalue weighted by molar-refractivity contribution is 0.410. The molecule has 0 aliphatic rings. The molecule has 0 bridgehead atoms. The second kappa shape index (κ2) is 6.75. The fraction of sp³-hybridized carbons (Fsp3) is 0.118. The van der Waals surface area contributed by atoms with Gasteiger partial charge < -0.3 is 10.1 Å². The molecule has 0 atom stereocenters. The highest BCUT2D eigenvalue weighted by Crippen LogP contribution is 2.29. The Morgan fingerprint density at radius 2 is 1.83 bits per heavy atom. The van der Waals surface area contributed by atoms with E-state index in [-0.39, 0.29) is 11.3 Å². The minimum Gasteiger partial charge on any atom is -0.496 e. The van der Waals surface area contributed by atoms with Gasteiger partial charge in [0.15, 0.2) is 5.13 Å². The van der Waals surface area contributed by atoms with E-state index in [1.165, 1.54) is 29.5 Å². The topological polar surface area (TPSA) is 34.1 Å². The van der Waals surface area contributed by atoms with Crippen LogP contribution in [0.5, 0.6) is 5.75 Å². The number of ether oxygens (including phenoxy) is 1. The lowest BCUT2D eigenvalue weighted by Crippen LogP contribution is -2.01. The molecule has 0 aliphatic carbocycles. The Balaban J connectivity index is 1.78. The molecule has 2 aromatic carbocycles. The van der Waals surface area contributed by atoms with E-state index in [0.717, 1.165) is 11.3 Å². The van der Waals surface area contributed by atoms with Crippen molar-refractivity contribution in [1.29, 1.82) is 0 Å². The highest BCUT2D eigenvalue weighted by atomic mass is 32.1. The number of thiazole rings is 1. The van der Waals surface area contributed by atoms with Crippen LogP contribution in [0.3, 0.4) is 0 Å². The summed E-state index contributed by atoms with van der Waals surface area (Å²) in [6.07, 6.45) is 0. The number of hydrogen-bond donors (Lipinski definition) is 1. The molecule has 3 nitrogen and oxygen atoms in total. The average molecular weight is 332 g/mol. The molecular formula is C17H14F2N2OS. The molecule has 0 amide bonds. The fourth-order valence-electron chi connectivity index (χ4n) is 2.23. The zero-order valence-corrected chi connectivity index (χ0v) is 13.2. The number of anilines is 1. The predicted molar refractivity (Wildman–Crippen MR) is 87.8 cm³/mol. The van der Waals surface area contributed by atoms with E-state index in [1.54, 1.807) is 12.5 Å². The highest BCUT2D eigenvalue weighted by Gasteiger charge is 2.14. The van der Waals surface area contributed by atoms with E-state index in [0.29, 0.717) is 11.7 Å². The Kier molecular flexibility index (Phi) is 4.52. The Labute approximate surface area is 136 Å². The van der Waals surface area contributed by atoms with E-state index in [1.807, 2.05) is 24.3 Å². The highest BCUT2D eigenvalue weighted by molar-refractivity contribution is 7.14. The third-order valence-electron chi connectivity index (χ3n) is 3.35. The van der Waals surface area contributed by atoms with Crippen molar-refractivity contribution in [2.75, 3.05) is 12.4 Å². The zero-order valence-electron chi connectivity index (χ0n) is 12.3. The summed E-state index contributed by atoms with van der Waals surface area (Å²) in [6.45, 7) is 0.511. The van der Waals surface area contributed by atoms with Gasteiger partial charge in [-0.15, -0.1) is 11.3 Å². The SMILES string of the molecule is COc1ccccc1CNc1nc(-c2c(F)cccc2F)cs1. The van der Waals surface area contributed by atoms with Crippen LogP contribution in [-0.4, -0.2) is 12.1 Å². The van der Waals surface area contributed by atoms with Gasteiger partial charge in [-0.2, -0.15) is 0 Å². The van der Waals surface area contributed by atoms with Crippen molar-refractivity contribution in [2.45, 2.75) is 6.54 Å². The van der Waals surface area contributed by atoms with Gasteiger partial charge >= 0.3 is 0 Å². The lowest BCUT2D eigenvalue weighted by Gasteiger charge is -2.08. The molecule has 0 spiro atoms. The summed E-state index contributed by atoms with van der Waals surface area (Å²) in [5.41, 5.74) is 1.16. The van der Waals surface area contributed by atoms with Crippen molar-refractivity contribution in [3.05, 3.63) is 65.0 Å². The Bertz CT molecular complexity index is 800. The molecule has 23 heavy (non-hydrogen) atoms. The minimum absolute atomic E-state index is 0.103. The summed E-state index contributed by atoms with van der Waals surface area (Å²) in [5.74, 6) is -0.463. The number of methoxy groups -OCH3 is 1. The largest absolute Gasteiger partial charge is 0.496 e. The number of hydrogen-bond acceptors (Lipinski definition) is 4. The maximum atomic E-state index is 13.8. The monoisotopic (exact) mass is 332 g/mol. The van der Waals surface area contributed by atoms with Crippen molar-refractivity contribution >= 4 is 16.5 Å². The Morgan fingerprint density at radius 1 is 1.09 bits per heavy atom. The van der Waals surface area contributed by atoms with Crippen LogP contribution in [0.2, 0.25) is 0 Å². The third-order valence-corrected chi connectivity index (χ3v) is 4.15. The molecule has 1 N–H and O–H groups in total. The summed E-state index contributed by atoms with van der Waals surface area (Å²) in [4.78, 5) is 4.26. The van der Waals surface area contributed by atoms with Crippen molar-refractivity contribution < 1.29 is 13.5 Å². The summed E-state index contributed by atoms with van der Waals surface area (Å²) in [5, 5.41) is 5.37. The summed E-state index contributed by atoms with van der Waals surface area (Å²) < 4.78 is 32.8. The normalized spacial score (nSPS) is 10.6. The second-order valence-corrected chi connectivity index (χ2v) is 5.66. The van der Waals surface area contributed by atoms with Gasteiger partial charge in [0.05, 0.1) is 18.4 Å². The van der Waals surface area contributed by atoms with Gasteiger partial charge in [0.2, 0.25) is 0 Å². The van der Waals surface area contributed by atoms with Gasteiger partial charge in [-0.05, 0) is 18.2 Å². The molecule has 6 heteroatoms. The molecule has 3 rings (SSSR count). The van der Waals surface area contributed by atoms with Crippen LogP contribution in [-0.2, 0) is 6.54 Å². The Morgan fingerprint density at radius 3 is 2.57 bits per heavy atom. The summed E-state index contributed by atoms with van der Waals surface area (Å²) in [6, 6.07) is 11.4. The Hall–Kier alpha value is -2.47. The second-order valence-electron chi connectivity index (χ2n) is 4.80. The van der Waals surface area contributed by atoms with Gasteiger partial charge in [0.1, 0.15) is 17.4 Å². The van der Waals surface area contributed by atoms with E-state index in [2.05, 4.69) is 10.3 Å². The number of nitrogens with one attached hydrogen (secondary N) is 1. The zero-order chi connectivity index (χ0) is 16.2. The smallest absolute Gasteiger partial charge is 0.183 e. The maximum Gasteiger partial charge on any atom is 0.183 e. The molecule has 0 fully saturated rings. The van der Waals surface area contributed by atoms with Crippen LogP contribution in [0.15, 0.2) is 47.8 Å². The van der Waals surface area contributed by atoms with Crippen LogP contribution in [0.25, 0.3) is 11.3 Å². The van der Waals surface area contributed by atoms with Crippen molar-refractivity contribution in [2.24, 2.45) is 0 Å². The first kappa shape index (κ1) is 15.4. The molecule has 1 heterocycles. The molecule has 3 aromatic rings. The first-order chi connectivity index (χ1) is 11.2. The molecule has 0 saturated carbocycles. The number of nitrogens with zero attached hydrogens (tertiary/aromatic N) is 1. The molecule has 118 valence electrons. The average Bonchev–Trinajstić information content (AvgIpc) is 3.01. The van der Waals surface area contributed by atoms with E-state index < -0.39 is 11.6 Å². The minimum atomic E-state index is -0.619. The van der Waals surface area contributed by atoms with Gasteiger partial charge in [-0.25, -0.2) is 13.8 Å². The number of halogens is 2. The third kappa shape index (κ3) is 3.32. The quantitative estimate of drug-likeness (QED) is 0.735. The predicted octanol–water partition coefficient (Wildman–Crippen LogP) is 4.71. The number of para-hydroxylation sites is 1. The standard InChI is InChI=1S/C17H14F2N2OS/c1-22-15-8-3-2-5-11(15)9-20-17-21-14(10-23-17)16-12(18)6-4-7-13(16)19/h2-8,10H,9H2,1H3,(H,20,21). The first-order valence-corrected chi connectivity index (χ1v) is 7.82. The fourth-order valence-corrected chi connectivity index (χ4v) is 2.93. The number of aromatic nitrogens is 1. The van der Waals surface area contributed by atoms with Crippen LogP contribution in [0.1, 0.15) is 5.56 Å². The molecule has 0 radical (unpaired) electrons. The summed E-state index contributed by atoms with van der Waals surface area (Å²) in [7, 11) is 1.61. The summed E-state index contributed by atoms with van der Waals surface area (Å²) >= 11 is 1.30. The van der Waals surface area contributed by atoms with Crippen LogP contribution >= 0.6 is 11.3 Å². The first-order valence-electron chi connectivity index (χ1n) is 6.94.